The summed E-state index contributed by atoms with van der Waals surface area (Å²) in [5.41, 5.74) is 3.13. The van der Waals surface area contributed by atoms with Crippen LogP contribution in [0.3, 0.4) is 0 Å². The highest BCUT2D eigenvalue weighted by atomic mass is 35.5. The van der Waals surface area contributed by atoms with Gasteiger partial charge in [-0.25, -0.2) is 4.98 Å². The Morgan fingerprint density at radius 2 is 1.96 bits per heavy atom. The molecule has 0 spiro atoms. The summed E-state index contributed by atoms with van der Waals surface area (Å²) in [6.45, 7) is 6.34. The quantitative estimate of drug-likeness (QED) is 0.452. The monoisotopic (exact) mass is 366 g/mol. The van der Waals surface area contributed by atoms with Crippen LogP contribution in [-0.4, -0.2) is 19.1 Å². The van der Waals surface area contributed by atoms with E-state index in [1.54, 1.807) is 17.8 Å². The highest BCUT2D eigenvalue weighted by Gasteiger charge is 2.22. The summed E-state index contributed by atoms with van der Waals surface area (Å²) in [6.07, 6.45) is 1.03. The first-order valence-electron chi connectivity index (χ1n) is 8.10. The van der Waals surface area contributed by atoms with E-state index < -0.39 is 5.95 Å². The molecule has 0 bridgehead atoms. The molecule has 0 radical (unpaired) electrons. The number of aromatic nitrogens is 1. The van der Waals surface area contributed by atoms with Crippen LogP contribution in [0, 0.1) is 18.8 Å². The minimum Gasteiger partial charge on any atom is -0.376 e. The number of benzene rings is 1. The molecule has 0 saturated carbocycles. The zero-order valence-corrected chi connectivity index (χ0v) is 16.4. The second kappa shape index (κ2) is 8.21. The van der Waals surface area contributed by atoms with Crippen molar-refractivity contribution in [1.29, 1.82) is 0 Å². The van der Waals surface area contributed by atoms with E-state index in [0.29, 0.717) is 5.92 Å². The van der Waals surface area contributed by atoms with Crippen LogP contribution in [0.1, 0.15) is 36.6 Å². The van der Waals surface area contributed by atoms with Crippen LogP contribution in [0.4, 0.5) is 10.1 Å². The molecule has 24 heavy (non-hydrogen) atoms. The Morgan fingerprint density at radius 3 is 2.54 bits per heavy atom. The summed E-state index contributed by atoms with van der Waals surface area (Å²) in [5.74, 6) is -0.0206. The molecule has 0 saturated heterocycles. The fraction of sp³-hybridized carbons (Fsp3) is 0.421. The van der Waals surface area contributed by atoms with Crippen molar-refractivity contribution in [2.24, 2.45) is 5.92 Å². The first-order valence-corrected chi connectivity index (χ1v) is 9.35. The van der Waals surface area contributed by atoms with Crippen molar-refractivity contribution in [2.45, 2.75) is 37.5 Å². The summed E-state index contributed by atoms with van der Waals surface area (Å²) in [4.78, 5) is 6.07. The Balaban J connectivity index is 2.39. The van der Waals surface area contributed by atoms with Crippen molar-refractivity contribution < 1.29 is 4.39 Å². The first-order chi connectivity index (χ1) is 11.3. The summed E-state index contributed by atoms with van der Waals surface area (Å²) in [6, 6.07) is 9.36. The number of thioether (sulfide) groups is 1. The Hall–Kier alpha value is -1.26. The summed E-state index contributed by atoms with van der Waals surface area (Å²) >= 11 is 8.06. The molecule has 2 rings (SSSR count). The van der Waals surface area contributed by atoms with Crippen LogP contribution in [0.2, 0.25) is 5.02 Å². The number of halogens is 2. The Labute approximate surface area is 153 Å². The van der Waals surface area contributed by atoms with Gasteiger partial charge in [0.2, 0.25) is 5.95 Å². The molecule has 0 N–H and O–H groups in total. The number of anilines is 1. The van der Waals surface area contributed by atoms with Crippen LogP contribution in [0.15, 0.2) is 35.4 Å². The fourth-order valence-corrected chi connectivity index (χ4v) is 4.22. The fourth-order valence-electron chi connectivity index (χ4n) is 2.52. The first kappa shape index (κ1) is 19.1. The SMILES string of the molecule is CCC(C)C(Sc1nc(F)ccc1C)c1ccc(N(C)C)c(Cl)c1. The van der Waals surface area contributed by atoms with Crippen molar-refractivity contribution in [1.82, 2.24) is 4.98 Å². The molecule has 0 aliphatic rings. The molecule has 1 aromatic carbocycles. The van der Waals surface area contributed by atoms with Gasteiger partial charge in [-0.3, -0.25) is 0 Å². The zero-order chi connectivity index (χ0) is 17.9. The maximum atomic E-state index is 13.5. The lowest BCUT2D eigenvalue weighted by molar-refractivity contribution is 0.545. The number of hydrogen-bond donors (Lipinski definition) is 0. The van der Waals surface area contributed by atoms with E-state index in [4.69, 9.17) is 11.6 Å². The predicted octanol–water partition coefficient (Wildman–Crippen LogP) is 6.13. The van der Waals surface area contributed by atoms with Gasteiger partial charge in [-0.1, -0.05) is 55.8 Å². The van der Waals surface area contributed by atoms with Gasteiger partial charge in [-0.05, 0) is 42.2 Å². The van der Waals surface area contributed by atoms with Gasteiger partial charge in [0.15, 0.2) is 0 Å². The molecule has 5 heteroatoms. The van der Waals surface area contributed by atoms with Crippen molar-refractivity contribution >= 4 is 29.1 Å². The molecule has 0 aliphatic heterocycles. The minimum atomic E-state index is -0.438. The van der Waals surface area contributed by atoms with Gasteiger partial charge in [0, 0.05) is 19.3 Å². The highest BCUT2D eigenvalue weighted by Crippen LogP contribution is 2.43. The third kappa shape index (κ3) is 4.42. The summed E-state index contributed by atoms with van der Waals surface area (Å²) in [7, 11) is 3.95. The number of nitrogens with zero attached hydrogens (tertiary/aromatic N) is 2. The molecule has 2 nitrogen and oxygen atoms in total. The topological polar surface area (TPSA) is 16.1 Å². The van der Waals surface area contributed by atoms with E-state index in [1.807, 2.05) is 38.1 Å². The molecule has 0 aliphatic carbocycles. The van der Waals surface area contributed by atoms with E-state index in [-0.39, 0.29) is 5.25 Å². The maximum Gasteiger partial charge on any atom is 0.213 e. The number of hydrogen-bond acceptors (Lipinski definition) is 3. The number of rotatable bonds is 6. The van der Waals surface area contributed by atoms with E-state index in [9.17, 15) is 4.39 Å². The van der Waals surface area contributed by atoms with Crippen molar-refractivity contribution in [2.75, 3.05) is 19.0 Å². The molecule has 0 amide bonds. The Morgan fingerprint density at radius 1 is 1.25 bits per heavy atom. The zero-order valence-electron chi connectivity index (χ0n) is 14.8. The molecular formula is C19H24ClFN2S. The average molecular weight is 367 g/mol. The van der Waals surface area contributed by atoms with Gasteiger partial charge >= 0.3 is 0 Å². The third-order valence-electron chi connectivity index (χ3n) is 4.20. The Kier molecular flexibility index (Phi) is 6.53. The van der Waals surface area contributed by atoms with Crippen LogP contribution in [0.25, 0.3) is 0 Å². The number of aryl methyl sites for hydroxylation is 1. The normalized spacial score (nSPS) is 13.6. The largest absolute Gasteiger partial charge is 0.376 e. The summed E-state index contributed by atoms with van der Waals surface area (Å²) in [5, 5.41) is 1.65. The second-order valence-electron chi connectivity index (χ2n) is 6.29. The van der Waals surface area contributed by atoms with Gasteiger partial charge in [0.25, 0.3) is 0 Å². The maximum absolute atomic E-state index is 13.5. The van der Waals surface area contributed by atoms with Crippen LogP contribution >= 0.6 is 23.4 Å². The van der Waals surface area contributed by atoms with E-state index in [2.05, 4.69) is 24.9 Å². The number of pyridine rings is 1. The lowest BCUT2D eigenvalue weighted by atomic mass is 9.98. The molecule has 2 atom stereocenters. The average Bonchev–Trinajstić information content (AvgIpc) is 2.54. The molecule has 0 fully saturated rings. The van der Waals surface area contributed by atoms with Crippen molar-refractivity contribution in [3.63, 3.8) is 0 Å². The third-order valence-corrected chi connectivity index (χ3v) is 6.13. The molecule has 1 heterocycles. The molecule has 130 valence electrons. The smallest absolute Gasteiger partial charge is 0.213 e. The van der Waals surface area contributed by atoms with E-state index >= 15 is 0 Å². The van der Waals surface area contributed by atoms with E-state index in [1.165, 1.54) is 6.07 Å². The van der Waals surface area contributed by atoms with Gasteiger partial charge in [0.1, 0.15) is 5.03 Å². The molecular weight excluding hydrogens is 343 g/mol. The minimum absolute atomic E-state index is 0.178. The van der Waals surface area contributed by atoms with Gasteiger partial charge in [-0.15, -0.1) is 0 Å². The standard InChI is InChI=1S/C19H24ClFN2S/c1-6-12(2)18(24-19-13(3)7-10-17(21)22-19)14-8-9-16(23(4)5)15(20)11-14/h7-12,18H,6H2,1-5H3. The lowest BCUT2D eigenvalue weighted by Gasteiger charge is -2.24. The lowest BCUT2D eigenvalue weighted by Crippen LogP contribution is -2.11. The second-order valence-corrected chi connectivity index (χ2v) is 7.82. The molecule has 2 unspecified atom stereocenters. The molecule has 2 aromatic rings. The van der Waals surface area contributed by atoms with E-state index in [0.717, 1.165) is 33.3 Å². The van der Waals surface area contributed by atoms with Crippen molar-refractivity contribution in [3.05, 3.63) is 52.4 Å². The van der Waals surface area contributed by atoms with Crippen LogP contribution < -0.4 is 4.90 Å². The van der Waals surface area contributed by atoms with Crippen LogP contribution in [-0.2, 0) is 0 Å². The molecule has 1 aromatic heterocycles. The van der Waals surface area contributed by atoms with Crippen molar-refractivity contribution in [3.8, 4) is 0 Å². The predicted molar refractivity (Wildman–Crippen MR) is 103 cm³/mol. The van der Waals surface area contributed by atoms with Gasteiger partial charge in [0.05, 0.1) is 10.7 Å². The van der Waals surface area contributed by atoms with Gasteiger partial charge in [-0.2, -0.15) is 4.39 Å². The highest BCUT2D eigenvalue weighted by molar-refractivity contribution is 7.99. The summed E-state index contributed by atoms with van der Waals surface area (Å²) < 4.78 is 13.5. The van der Waals surface area contributed by atoms with Crippen LogP contribution in [0.5, 0.6) is 0 Å². The van der Waals surface area contributed by atoms with Gasteiger partial charge < -0.3 is 4.90 Å². The Bertz CT molecular complexity index is 706.